The minimum absolute atomic E-state index is 0.00396. The number of carbonyl (C=O) groups excluding carboxylic acids is 5. The summed E-state index contributed by atoms with van der Waals surface area (Å²) in [5.74, 6) is -2.71. The third-order valence-corrected chi connectivity index (χ3v) is 4.29. The number of amides is 5. The maximum absolute atomic E-state index is 12.8. The highest BCUT2D eigenvalue weighted by molar-refractivity contribution is 6.34. The molecule has 2 aromatic carbocycles. The topological polar surface area (TPSA) is 122 Å². The fraction of sp³-hybridized carbons (Fsp3) is 0.150. The predicted octanol–water partition coefficient (Wildman–Crippen LogP) is 1.41. The fourth-order valence-corrected chi connectivity index (χ4v) is 2.84. The summed E-state index contributed by atoms with van der Waals surface area (Å²) in [5, 5.41) is 4.14. The predicted molar refractivity (Wildman–Crippen MR) is 102 cm³/mol. The molecule has 0 saturated heterocycles. The Labute approximate surface area is 165 Å². The van der Waals surface area contributed by atoms with Gasteiger partial charge in [-0.25, -0.2) is 14.5 Å². The lowest BCUT2D eigenvalue weighted by Crippen LogP contribution is -2.39. The molecule has 0 fully saturated rings. The van der Waals surface area contributed by atoms with Crippen LogP contribution in [0.25, 0.3) is 0 Å². The number of urea groups is 1. The van der Waals surface area contributed by atoms with Crippen molar-refractivity contribution in [2.75, 3.05) is 18.6 Å². The average Bonchev–Trinajstić information content (AvgIpc) is 2.96. The second-order valence-corrected chi connectivity index (χ2v) is 6.20. The molecular formula is C20H17N3O6. The van der Waals surface area contributed by atoms with Crippen LogP contribution in [0.3, 0.4) is 0 Å². The molecule has 0 unspecified atom stereocenters. The fourth-order valence-electron chi connectivity index (χ4n) is 2.84. The van der Waals surface area contributed by atoms with E-state index in [1.54, 1.807) is 31.2 Å². The molecule has 0 aromatic heterocycles. The van der Waals surface area contributed by atoms with E-state index in [-0.39, 0.29) is 16.7 Å². The van der Waals surface area contributed by atoms with Crippen molar-refractivity contribution in [2.45, 2.75) is 6.92 Å². The molecule has 29 heavy (non-hydrogen) atoms. The number of rotatable bonds is 4. The summed E-state index contributed by atoms with van der Waals surface area (Å²) in [6, 6.07) is 10.2. The standard InChI is InChI=1S/C20H17N3O6/c1-11-5-3-4-6-15(11)23-17(25)13-8-7-12(9-14(13)18(23)26)19(27)29-10-16(24)22-20(28)21-2/h3-9H,10H2,1-2H3,(H2,21,22,24,28). The normalized spacial score (nSPS) is 12.4. The summed E-state index contributed by atoms with van der Waals surface area (Å²) >= 11 is 0. The molecule has 0 saturated carbocycles. The minimum Gasteiger partial charge on any atom is -0.452 e. The summed E-state index contributed by atoms with van der Waals surface area (Å²) in [5.41, 5.74) is 1.47. The van der Waals surface area contributed by atoms with E-state index < -0.39 is 36.3 Å². The number of hydrogen-bond acceptors (Lipinski definition) is 6. The van der Waals surface area contributed by atoms with E-state index >= 15 is 0 Å². The van der Waals surface area contributed by atoms with E-state index in [4.69, 9.17) is 4.74 Å². The number of hydrogen-bond donors (Lipinski definition) is 2. The first-order valence-corrected chi connectivity index (χ1v) is 8.60. The molecule has 3 rings (SSSR count). The lowest BCUT2D eigenvalue weighted by atomic mass is 10.1. The van der Waals surface area contributed by atoms with Gasteiger partial charge in [0.2, 0.25) is 0 Å². The molecule has 2 aromatic rings. The Morgan fingerprint density at radius 1 is 1.00 bits per heavy atom. The maximum atomic E-state index is 12.8. The largest absolute Gasteiger partial charge is 0.452 e. The molecular weight excluding hydrogens is 378 g/mol. The van der Waals surface area contributed by atoms with Crippen LogP contribution in [0.1, 0.15) is 36.6 Å². The molecule has 0 aliphatic carbocycles. The van der Waals surface area contributed by atoms with Crippen molar-refractivity contribution in [3.63, 3.8) is 0 Å². The molecule has 9 heteroatoms. The van der Waals surface area contributed by atoms with Crippen LogP contribution < -0.4 is 15.5 Å². The summed E-state index contributed by atoms with van der Waals surface area (Å²) in [6.07, 6.45) is 0. The van der Waals surface area contributed by atoms with Crippen molar-refractivity contribution < 1.29 is 28.7 Å². The number of nitrogens with one attached hydrogen (secondary N) is 2. The molecule has 1 heterocycles. The third kappa shape index (κ3) is 3.84. The summed E-state index contributed by atoms with van der Waals surface area (Å²) in [4.78, 5) is 61.3. The number of benzene rings is 2. The van der Waals surface area contributed by atoms with Crippen LogP contribution >= 0.6 is 0 Å². The highest BCUT2D eigenvalue weighted by atomic mass is 16.5. The van der Waals surface area contributed by atoms with Crippen molar-refractivity contribution in [1.82, 2.24) is 10.6 Å². The monoisotopic (exact) mass is 395 g/mol. The van der Waals surface area contributed by atoms with Crippen LogP contribution in [0.4, 0.5) is 10.5 Å². The Morgan fingerprint density at radius 2 is 1.69 bits per heavy atom. The van der Waals surface area contributed by atoms with Crippen LogP contribution in [0, 0.1) is 6.92 Å². The average molecular weight is 395 g/mol. The van der Waals surface area contributed by atoms with Gasteiger partial charge in [0.1, 0.15) is 0 Å². The Hall–Kier alpha value is -4.01. The van der Waals surface area contributed by atoms with Gasteiger partial charge >= 0.3 is 12.0 Å². The summed E-state index contributed by atoms with van der Waals surface area (Å²) in [7, 11) is 1.33. The third-order valence-electron chi connectivity index (χ3n) is 4.29. The number of esters is 1. The van der Waals surface area contributed by atoms with E-state index in [9.17, 15) is 24.0 Å². The van der Waals surface area contributed by atoms with Gasteiger partial charge in [-0.15, -0.1) is 0 Å². The van der Waals surface area contributed by atoms with Crippen molar-refractivity contribution in [2.24, 2.45) is 0 Å². The number of carbonyl (C=O) groups is 5. The van der Waals surface area contributed by atoms with Crippen molar-refractivity contribution in [3.05, 3.63) is 64.7 Å². The van der Waals surface area contributed by atoms with Crippen molar-refractivity contribution in [1.29, 1.82) is 0 Å². The molecule has 1 aliphatic rings. The quantitative estimate of drug-likeness (QED) is 0.596. The Bertz CT molecular complexity index is 1050. The molecule has 9 nitrogen and oxygen atoms in total. The first-order valence-electron chi connectivity index (χ1n) is 8.60. The Morgan fingerprint density at radius 3 is 2.38 bits per heavy atom. The lowest BCUT2D eigenvalue weighted by Gasteiger charge is -2.16. The number of anilines is 1. The number of aryl methyl sites for hydroxylation is 1. The smallest absolute Gasteiger partial charge is 0.338 e. The van der Waals surface area contributed by atoms with Gasteiger partial charge in [0.05, 0.1) is 22.4 Å². The first-order chi connectivity index (χ1) is 13.8. The Balaban J connectivity index is 1.78. The van der Waals surface area contributed by atoms with E-state index in [1.165, 1.54) is 25.2 Å². The second-order valence-electron chi connectivity index (χ2n) is 6.20. The SMILES string of the molecule is CNC(=O)NC(=O)COC(=O)c1ccc2c(c1)C(=O)N(c1ccccc1C)C2=O. The number of nitrogens with zero attached hydrogens (tertiary/aromatic N) is 1. The molecule has 0 radical (unpaired) electrons. The van der Waals surface area contributed by atoms with Gasteiger partial charge in [-0.1, -0.05) is 18.2 Å². The maximum Gasteiger partial charge on any atom is 0.338 e. The van der Waals surface area contributed by atoms with Gasteiger partial charge in [-0.05, 0) is 36.8 Å². The van der Waals surface area contributed by atoms with Crippen LogP contribution in [0.2, 0.25) is 0 Å². The van der Waals surface area contributed by atoms with Gasteiger partial charge in [-0.3, -0.25) is 19.7 Å². The first kappa shape index (κ1) is 19.7. The number of ether oxygens (including phenoxy) is 1. The van der Waals surface area contributed by atoms with Gasteiger partial charge in [-0.2, -0.15) is 0 Å². The van der Waals surface area contributed by atoms with Gasteiger partial charge in [0.25, 0.3) is 17.7 Å². The highest BCUT2D eigenvalue weighted by Gasteiger charge is 2.37. The molecule has 0 spiro atoms. The molecule has 0 bridgehead atoms. The van der Waals surface area contributed by atoms with E-state index in [1.807, 2.05) is 5.32 Å². The number of para-hydroxylation sites is 1. The molecule has 5 amide bonds. The zero-order valence-electron chi connectivity index (χ0n) is 15.6. The van der Waals surface area contributed by atoms with Crippen LogP contribution in [0.5, 0.6) is 0 Å². The lowest BCUT2D eigenvalue weighted by molar-refractivity contribution is -0.123. The van der Waals surface area contributed by atoms with Gasteiger partial charge in [0.15, 0.2) is 6.61 Å². The van der Waals surface area contributed by atoms with Crippen molar-refractivity contribution >= 4 is 35.4 Å². The minimum atomic E-state index is -0.866. The zero-order valence-corrected chi connectivity index (χ0v) is 15.6. The number of fused-ring (bicyclic) bond motifs is 1. The molecule has 2 N–H and O–H groups in total. The van der Waals surface area contributed by atoms with Crippen molar-refractivity contribution in [3.8, 4) is 0 Å². The van der Waals surface area contributed by atoms with E-state index in [0.717, 1.165) is 10.5 Å². The van der Waals surface area contributed by atoms with Crippen LogP contribution in [-0.2, 0) is 9.53 Å². The van der Waals surface area contributed by atoms with Crippen LogP contribution in [-0.4, -0.2) is 43.4 Å². The zero-order chi connectivity index (χ0) is 21.1. The molecule has 148 valence electrons. The summed E-state index contributed by atoms with van der Waals surface area (Å²) in [6.45, 7) is 1.11. The van der Waals surface area contributed by atoms with Gasteiger partial charge < -0.3 is 10.1 Å². The Kier molecular flexibility index (Phi) is 5.40. The van der Waals surface area contributed by atoms with E-state index in [0.29, 0.717) is 5.69 Å². The van der Waals surface area contributed by atoms with E-state index in [2.05, 4.69) is 5.32 Å². The second kappa shape index (κ2) is 7.93. The molecule has 0 atom stereocenters. The molecule has 1 aliphatic heterocycles. The number of imide groups is 2. The van der Waals surface area contributed by atoms with Crippen LogP contribution in [0.15, 0.2) is 42.5 Å². The highest BCUT2D eigenvalue weighted by Crippen LogP contribution is 2.31. The van der Waals surface area contributed by atoms with Gasteiger partial charge in [0, 0.05) is 7.05 Å². The summed E-state index contributed by atoms with van der Waals surface area (Å²) < 4.78 is 4.85.